The molecule has 5 rings (SSSR count). The van der Waals surface area contributed by atoms with Crippen LogP contribution in [0.25, 0.3) is 11.4 Å². The number of fused-ring (bicyclic) bond motifs is 1. The number of aromatic hydroxyl groups is 1. The van der Waals surface area contributed by atoms with Crippen molar-refractivity contribution in [1.82, 2.24) is 19.9 Å². The van der Waals surface area contributed by atoms with Gasteiger partial charge in [-0.15, -0.1) is 0 Å². The standard InChI is InChI=1S/C25H29N5O3/c1-29-12-5-9-20(15-29)33-25-27-23(18-7-4-8-19(32)14-18)26-24(28-25)30-13-11-17-6-2-3-10-21(17)22(30)16-31/h2-4,6-8,10,14,20,22,31-32H,5,9,11-13,15-16H2,1H3. The molecule has 0 amide bonds. The van der Waals surface area contributed by atoms with E-state index in [9.17, 15) is 10.2 Å². The number of rotatable bonds is 5. The van der Waals surface area contributed by atoms with E-state index in [0.717, 1.165) is 37.9 Å². The molecule has 2 aliphatic rings. The lowest BCUT2D eigenvalue weighted by molar-refractivity contribution is 0.0954. The summed E-state index contributed by atoms with van der Waals surface area (Å²) in [6.07, 6.45) is 2.85. The zero-order valence-corrected chi connectivity index (χ0v) is 18.8. The summed E-state index contributed by atoms with van der Waals surface area (Å²) in [5.74, 6) is 1.05. The molecule has 33 heavy (non-hydrogen) atoms. The number of aromatic nitrogens is 3. The molecule has 2 N–H and O–H groups in total. The third-order valence-electron chi connectivity index (χ3n) is 6.40. The molecular weight excluding hydrogens is 418 g/mol. The van der Waals surface area contributed by atoms with Crippen LogP contribution in [-0.4, -0.2) is 69.5 Å². The quantitative estimate of drug-likeness (QED) is 0.617. The number of hydrogen-bond acceptors (Lipinski definition) is 8. The number of hydrogen-bond donors (Lipinski definition) is 2. The number of phenolic OH excluding ortho intramolecular Hbond substituents is 1. The van der Waals surface area contributed by atoms with E-state index in [1.165, 1.54) is 5.56 Å². The largest absolute Gasteiger partial charge is 0.508 e. The molecule has 0 radical (unpaired) electrons. The molecule has 8 nitrogen and oxygen atoms in total. The third kappa shape index (κ3) is 4.62. The van der Waals surface area contributed by atoms with Gasteiger partial charge in [0.1, 0.15) is 11.9 Å². The van der Waals surface area contributed by atoms with Crippen LogP contribution in [0.2, 0.25) is 0 Å². The highest BCUT2D eigenvalue weighted by atomic mass is 16.5. The Hall–Kier alpha value is -3.23. The number of likely N-dealkylation sites (N-methyl/N-ethyl adjacent to an activating group) is 1. The van der Waals surface area contributed by atoms with Crippen LogP contribution < -0.4 is 9.64 Å². The maximum absolute atomic E-state index is 10.3. The van der Waals surface area contributed by atoms with Crippen LogP contribution in [0.5, 0.6) is 11.8 Å². The van der Waals surface area contributed by atoms with Crippen molar-refractivity contribution < 1.29 is 14.9 Å². The molecule has 2 aliphatic heterocycles. The van der Waals surface area contributed by atoms with Crippen molar-refractivity contribution in [3.05, 3.63) is 59.7 Å². The Morgan fingerprint density at radius 2 is 1.94 bits per heavy atom. The monoisotopic (exact) mass is 447 g/mol. The number of aliphatic hydroxyl groups is 1. The number of aliphatic hydroxyl groups excluding tert-OH is 1. The van der Waals surface area contributed by atoms with E-state index in [4.69, 9.17) is 9.72 Å². The maximum atomic E-state index is 10.3. The van der Waals surface area contributed by atoms with Gasteiger partial charge in [0.05, 0.1) is 12.6 Å². The summed E-state index contributed by atoms with van der Waals surface area (Å²) < 4.78 is 6.23. The first-order valence-corrected chi connectivity index (χ1v) is 11.5. The normalized spacial score (nSPS) is 21.0. The molecule has 3 aromatic rings. The molecule has 3 heterocycles. The SMILES string of the molecule is CN1CCCC(Oc2nc(-c3cccc(O)c3)nc(N3CCc4ccccc4C3CO)n2)C1. The van der Waals surface area contributed by atoms with E-state index in [1.54, 1.807) is 18.2 Å². The van der Waals surface area contributed by atoms with Crippen molar-refractivity contribution in [2.24, 2.45) is 0 Å². The number of phenols is 1. The molecule has 0 spiro atoms. The van der Waals surface area contributed by atoms with E-state index >= 15 is 0 Å². The molecule has 2 unspecified atom stereocenters. The van der Waals surface area contributed by atoms with Crippen molar-refractivity contribution in [3.63, 3.8) is 0 Å². The molecule has 1 aromatic heterocycles. The summed E-state index contributed by atoms with van der Waals surface area (Å²) in [6.45, 7) is 2.51. The zero-order valence-electron chi connectivity index (χ0n) is 18.8. The topological polar surface area (TPSA) is 94.8 Å². The molecule has 172 valence electrons. The van der Waals surface area contributed by atoms with E-state index in [2.05, 4.69) is 34.0 Å². The van der Waals surface area contributed by atoms with E-state index in [-0.39, 0.29) is 30.5 Å². The van der Waals surface area contributed by atoms with Gasteiger partial charge in [0.2, 0.25) is 5.95 Å². The predicted octanol–water partition coefficient (Wildman–Crippen LogP) is 2.81. The Morgan fingerprint density at radius 3 is 2.76 bits per heavy atom. The molecule has 0 bridgehead atoms. The summed E-state index contributed by atoms with van der Waals surface area (Å²) in [7, 11) is 2.09. The van der Waals surface area contributed by atoms with Gasteiger partial charge in [-0.05, 0) is 56.1 Å². The molecule has 0 aliphatic carbocycles. The summed E-state index contributed by atoms with van der Waals surface area (Å²) in [6, 6.07) is 15.1. The maximum Gasteiger partial charge on any atom is 0.322 e. The van der Waals surface area contributed by atoms with Crippen molar-refractivity contribution in [1.29, 1.82) is 0 Å². The van der Waals surface area contributed by atoms with Gasteiger partial charge in [-0.25, -0.2) is 0 Å². The van der Waals surface area contributed by atoms with E-state index in [0.29, 0.717) is 23.9 Å². The minimum absolute atomic E-state index is 0.00625. The van der Waals surface area contributed by atoms with Crippen LogP contribution >= 0.6 is 0 Å². The number of anilines is 1. The van der Waals surface area contributed by atoms with Crippen molar-refractivity contribution in [2.45, 2.75) is 31.4 Å². The highest BCUT2D eigenvalue weighted by Gasteiger charge is 2.30. The van der Waals surface area contributed by atoms with Gasteiger partial charge in [0.15, 0.2) is 5.82 Å². The molecule has 0 saturated carbocycles. The Balaban J connectivity index is 1.54. The van der Waals surface area contributed by atoms with Crippen LogP contribution in [0.15, 0.2) is 48.5 Å². The molecule has 2 atom stereocenters. The summed E-state index contributed by atoms with van der Waals surface area (Å²) >= 11 is 0. The minimum Gasteiger partial charge on any atom is -0.508 e. The van der Waals surface area contributed by atoms with Crippen LogP contribution in [0.1, 0.15) is 30.0 Å². The number of benzene rings is 2. The second kappa shape index (κ2) is 9.33. The highest BCUT2D eigenvalue weighted by molar-refractivity contribution is 5.59. The van der Waals surface area contributed by atoms with Gasteiger partial charge >= 0.3 is 6.01 Å². The molecule has 2 aromatic carbocycles. The highest BCUT2D eigenvalue weighted by Crippen LogP contribution is 2.33. The summed E-state index contributed by atoms with van der Waals surface area (Å²) in [4.78, 5) is 18.3. The lowest BCUT2D eigenvalue weighted by atomic mass is 9.93. The van der Waals surface area contributed by atoms with E-state index in [1.807, 2.05) is 23.1 Å². The number of piperidine rings is 1. The van der Waals surface area contributed by atoms with Crippen molar-refractivity contribution >= 4 is 5.95 Å². The van der Waals surface area contributed by atoms with Gasteiger partial charge in [-0.1, -0.05) is 36.4 Å². The third-order valence-corrected chi connectivity index (χ3v) is 6.40. The summed E-state index contributed by atoms with van der Waals surface area (Å²) in [5.41, 5.74) is 3.00. The fourth-order valence-electron chi connectivity index (χ4n) is 4.75. The van der Waals surface area contributed by atoms with Crippen molar-refractivity contribution in [3.8, 4) is 23.1 Å². The first-order chi connectivity index (χ1) is 16.1. The van der Waals surface area contributed by atoms with Gasteiger partial charge < -0.3 is 24.7 Å². The number of ether oxygens (including phenoxy) is 1. The second-order valence-electron chi connectivity index (χ2n) is 8.78. The average Bonchev–Trinajstić information content (AvgIpc) is 2.83. The van der Waals surface area contributed by atoms with E-state index < -0.39 is 0 Å². The molecular formula is C25H29N5O3. The Bertz CT molecular complexity index is 1120. The number of likely N-dealkylation sites (tertiary alicyclic amines) is 1. The first kappa shape index (κ1) is 21.6. The van der Waals surface area contributed by atoms with Gasteiger partial charge in [0, 0.05) is 18.7 Å². The Morgan fingerprint density at radius 1 is 1.06 bits per heavy atom. The second-order valence-corrected chi connectivity index (χ2v) is 8.78. The lowest BCUT2D eigenvalue weighted by Gasteiger charge is -2.36. The summed E-state index contributed by atoms with van der Waals surface area (Å²) in [5, 5.41) is 20.3. The first-order valence-electron chi connectivity index (χ1n) is 11.5. The zero-order chi connectivity index (χ0) is 22.8. The minimum atomic E-state index is -0.247. The van der Waals surface area contributed by atoms with Crippen LogP contribution in [0.3, 0.4) is 0 Å². The smallest absolute Gasteiger partial charge is 0.322 e. The fourth-order valence-corrected chi connectivity index (χ4v) is 4.75. The van der Waals surface area contributed by atoms with Crippen LogP contribution in [0.4, 0.5) is 5.95 Å². The van der Waals surface area contributed by atoms with Crippen LogP contribution in [-0.2, 0) is 6.42 Å². The lowest BCUT2D eigenvalue weighted by Crippen LogP contribution is -2.40. The number of nitrogens with zero attached hydrogens (tertiary/aromatic N) is 5. The average molecular weight is 448 g/mol. The Kier molecular flexibility index (Phi) is 6.11. The molecule has 1 fully saturated rings. The van der Waals surface area contributed by atoms with Crippen LogP contribution in [0, 0.1) is 0 Å². The fraction of sp³-hybridized carbons (Fsp3) is 0.400. The Labute approximate surface area is 193 Å². The predicted molar refractivity (Wildman–Crippen MR) is 125 cm³/mol. The van der Waals surface area contributed by atoms with Gasteiger partial charge in [0.25, 0.3) is 0 Å². The van der Waals surface area contributed by atoms with Gasteiger partial charge in [-0.3, -0.25) is 0 Å². The van der Waals surface area contributed by atoms with Gasteiger partial charge in [-0.2, -0.15) is 15.0 Å². The molecule has 1 saturated heterocycles. The van der Waals surface area contributed by atoms with Crippen molar-refractivity contribution in [2.75, 3.05) is 38.2 Å². The molecule has 8 heteroatoms.